The zero-order chi connectivity index (χ0) is 20.4. The van der Waals surface area contributed by atoms with E-state index >= 15 is 0 Å². The number of thiazole rings is 1. The Balaban J connectivity index is 1.50. The van der Waals surface area contributed by atoms with E-state index in [0.717, 1.165) is 22.7 Å². The van der Waals surface area contributed by atoms with Crippen molar-refractivity contribution in [2.24, 2.45) is 0 Å². The number of aromatic nitrogens is 1. The van der Waals surface area contributed by atoms with Gasteiger partial charge in [-0.2, -0.15) is 4.31 Å². The largest absolute Gasteiger partial charge is 0.325 e. The van der Waals surface area contributed by atoms with Gasteiger partial charge in [-0.3, -0.25) is 4.79 Å². The number of benzene rings is 2. The average Bonchev–Trinajstić information content (AvgIpc) is 3.41. The van der Waals surface area contributed by atoms with Crippen LogP contribution in [0.3, 0.4) is 0 Å². The van der Waals surface area contributed by atoms with E-state index in [2.05, 4.69) is 10.3 Å². The van der Waals surface area contributed by atoms with Crippen LogP contribution in [0.1, 0.15) is 12.8 Å². The summed E-state index contributed by atoms with van der Waals surface area (Å²) in [6, 6.07) is 11.1. The van der Waals surface area contributed by atoms with Crippen molar-refractivity contribution in [3.63, 3.8) is 0 Å². The molecule has 9 heteroatoms. The van der Waals surface area contributed by atoms with Gasteiger partial charge in [0.15, 0.2) is 0 Å². The summed E-state index contributed by atoms with van der Waals surface area (Å²) < 4.78 is 40.1. The Hall–Kier alpha value is -2.62. The van der Waals surface area contributed by atoms with Crippen LogP contribution in [0.15, 0.2) is 65.0 Å². The van der Waals surface area contributed by atoms with Crippen LogP contribution < -0.4 is 5.32 Å². The normalized spacial score (nSPS) is 17.3. The number of sulfonamides is 1. The van der Waals surface area contributed by atoms with Crippen molar-refractivity contribution in [1.29, 1.82) is 0 Å². The second-order valence-electron chi connectivity index (χ2n) is 6.63. The Labute approximate surface area is 172 Å². The molecular formula is C20H18FN3O3S2. The molecule has 150 valence electrons. The molecule has 1 aliphatic rings. The number of hydrogen-bond acceptors (Lipinski definition) is 5. The third-order valence-corrected chi connectivity index (χ3v) is 7.50. The Morgan fingerprint density at radius 3 is 2.52 bits per heavy atom. The van der Waals surface area contributed by atoms with E-state index in [1.165, 1.54) is 27.8 Å². The number of nitrogens with zero attached hydrogens (tertiary/aromatic N) is 2. The molecule has 0 spiro atoms. The number of nitrogens with one attached hydrogen (secondary N) is 1. The summed E-state index contributed by atoms with van der Waals surface area (Å²) in [7, 11) is -3.88. The zero-order valence-corrected chi connectivity index (χ0v) is 16.9. The van der Waals surface area contributed by atoms with Gasteiger partial charge in [0.05, 0.1) is 4.90 Å². The molecule has 0 aliphatic carbocycles. The summed E-state index contributed by atoms with van der Waals surface area (Å²) >= 11 is 1.52. The molecular weight excluding hydrogens is 413 g/mol. The molecule has 1 atom stereocenters. The number of carbonyl (C=O) groups is 1. The molecule has 29 heavy (non-hydrogen) atoms. The van der Waals surface area contributed by atoms with E-state index in [-0.39, 0.29) is 17.3 Å². The van der Waals surface area contributed by atoms with E-state index in [0.29, 0.717) is 18.5 Å². The van der Waals surface area contributed by atoms with Crippen LogP contribution in [0.4, 0.5) is 10.1 Å². The first-order chi connectivity index (χ1) is 13.9. The predicted molar refractivity (Wildman–Crippen MR) is 109 cm³/mol. The van der Waals surface area contributed by atoms with Crippen LogP contribution in [0.25, 0.3) is 10.6 Å². The zero-order valence-electron chi connectivity index (χ0n) is 15.3. The van der Waals surface area contributed by atoms with Crippen LogP contribution in [-0.4, -0.2) is 36.2 Å². The maximum absolute atomic E-state index is 13.1. The summed E-state index contributed by atoms with van der Waals surface area (Å²) in [6.45, 7) is 0.251. The quantitative estimate of drug-likeness (QED) is 0.667. The van der Waals surface area contributed by atoms with Crippen molar-refractivity contribution >= 4 is 33.0 Å². The SMILES string of the molecule is O=C(Nc1ccc(-c2nccs2)cc1)[C@@H]1CCCN1S(=O)(=O)c1ccc(F)cc1. The van der Waals surface area contributed by atoms with Gasteiger partial charge in [0, 0.05) is 29.4 Å². The maximum atomic E-state index is 13.1. The third kappa shape index (κ3) is 4.07. The van der Waals surface area contributed by atoms with Crippen LogP contribution in [0.2, 0.25) is 0 Å². The molecule has 1 N–H and O–H groups in total. The minimum absolute atomic E-state index is 0.0219. The minimum atomic E-state index is -3.88. The summed E-state index contributed by atoms with van der Waals surface area (Å²) in [4.78, 5) is 17.0. The minimum Gasteiger partial charge on any atom is -0.325 e. The Kier molecular flexibility index (Phi) is 5.44. The van der Waals surface area contributed by atoms with Crippen molar-refractivity contribution in [3.8, 4) is 10.6 Å². The smallest absolute Gasteiger partial charge is 0.243 e. The monoisotopic (exact) mass is 431 g/mol. The summed E-state index contributed by atoms with van der Waals surface area (Å²) in [5.74, 6) is -0.893. The lowest BCUT2D eigenvalue weighted by atomic mass is 10.2. The van der Waals surface area contributed by atoms with E-state index in [1.807, 2.05) is 17.5 Å². The lowest BCUT2D eigenvalue weighted by Crippen LogP contribution is -2.43. The van der Waals surface area contributed by atoms with Gasteiger partial charge in [-0.05, 0) is 61.4 Å². The van der Waals surface area contributed by atoms with Gasteiger partial charge in [0.2, 0.25) is 15.9 Å². The van der Waals surface area contributed by atoms with E-state index < -0.39 is 21.9 Å². The molecule has 0 saturated carbocycles. The number of amides is 1. The molecule has 0 bridgehead atoms. The third-order valence-electron chi connectivity index (χ3n) is 4.76. The number of anilines is 1. The molecule has 0 radical (unpaired) electrons. The van der Waals surface area contributed by atoms with Crippen molar-refractivity contribution in [2.45, 2.75) is 23.8 Å². The standard InChI is InChI=1S/C20H18FN3O3S2/c21-15-5-9-17(10-6-15)29(26,27)24-12-1-2-18(24)19(25)23-16-7-3-14(4-8-16)20-22-11-13-28-20/h3-11,13,18H,1-2,12H2,(H,23,25)/t18-/m0/s1. The van der Waals surface area contributed by atoms with Gasteiger partial charge in [-0.1, -0.05) is 0 Å². The fraction of sp³-hybridized carbons (Fsp3) is 0.200. The van der Waals surface area contributed by atoms with Crippen LogP contribution >= 0.6 is 11.3 Å². The van der Waals surface area contributed by atoms with Gasteiger partial charge in [-0.15, -0.1) is 11.3 Å². The molecule has 1 aromatic heterocycles. The van der Waals surface area contributed by atoms with Crippen molar-refractivity contribution in [3.05, 3.63) is 65.9 Å². The van der Waals surface area contributed by atoms with Gasteiger partial charge in [0.25, 0.3) is 0 Å². The highest BCUT2D eigenvalue weighted by atomic mass is 32.2. The number of hydrogen-bond donors (Lipinski definition) is 1. The fourth-order valence-corrected chi connectivity index (χ4v) is 5.62. The molecule has 2 heterocycles. The van der Waals surface area contributed by atoms with Gasteiger partial charge >= 0.3 is 0 Å². The second kappa shape index (κ2) is 8.02. The van der Waals surface area contributed by atoms with Crippen molar-refractivity contribution in [2.75, 3.05) is 11.9 Å². The molecule has 3 aromatic rings. The first-order valence-electron chi connectivity index (χ1n) is 9.03. The average molecular weight is 432 g/mol. The first kappa shape index (κ1) is 19.7. The molecule has 2 aromatic carbocycles. The summed E-state index contributed by atoms with van der Waals surface area (Å²) in [5, 5.41) is 5.57. The van der Waals surface area contributed by atoms with E-state index in [1.54, 1.807) is 18.3 Å². The summed E-state index contributed by atoms with van der Waals surface area (Å²) in [5.41, 5.74) is 1.53. The lowest BCUT2D eigenvalue weighted by molar-refractivity contribution is -0.119. The number of halogens is 1. The highest BCUT2D eigenvalue weighted by Crippen LogP contribution is 2.28. The van der Waals surface area contributed by atoms with Crippen LogP contribution in [-0.2, 0) is 14.8 Å². The van der Waals surface area contributed by atoms with Crippen LogP contribution in [0, 0.1) is 5.82 Å². The van der Waals surface area contributed by atoms with E-state index in [4.69, 9.17) is 0 Å². The van der Waals surface area contributed by atoms with E-state index in [9.17, 15) is 17.6 Å². The highest BCUT2D eigenvalue weighted by molar-refractivity contribution is 7.89. The predicted octanol–water partition coefficient (Wildman–Crippen LogP) is 3.74. The molecule has 0 unspecified atom stereocenters. The summed E-state index contributed by atoms with van der Waals surface area (Å²) in [6.07, 6.45) is 2.75. The first-order valence-corrected chi connectivity index (χ1v) is 11.4. The molecule has 4 rings (SSSR count). The Morgan fingerprint density at radius 2 is 1.86 bits per heavy atom. The molecule has 6 nitrogen and oxygen atoms in total. The molecule has 1 saturated heterocycles. The lowest BCUT2D eigenvalue weighted by Gasteiger charge is -2.23. The van der Waals surface area contributed by atoms with Gasteiger partial charge in [0.1, 0.15) is 16.9 Å². The van der Waals surface area contributed by atoms with Gasteiger partial charge < -0.3 is 5.32 Å². The maximum Gasteiger partial charge on any atom is 0.243 e. The van der Waals surface area contributed by atoms with Crippen molar-refractivity contribution in [1.82, 2.24) is 9.29 Å². The highest BCUT2D eigenvalue weighted by Gasteiger charge is 2.39. The van der Waals surface area contributed by atoms with Crippen molar-refractivity contribution < 1.29 is 17.6 Å². The Morgan fingerprint density at radius 1 is 1.14 bits per heavy atom. The fourth-order valence-electron chi connectivity index (χ4n) is 3.32. The molecule has 1 fully saturated rings. The Bertz CT molecular complexity index is 1100. The van der Waals surface area contributed by atoms with Crippen LogP contribution in [0.5, 0.6) is 0 Å². The molecule has 1 amide bonds. The second-order valence-corrected chi connectivity index (χ2v) is 9.42. The topological polar surface area (TPSA) is 79.4 Å². The van der Waals surface area contributed by atoms with Gasteiger partial charge in [-0.25, -0.2) is 17.8 Å². The number of rotatable bonds is 5. The molecule has 1 aliphatic heterocycles. The number of carbonyl (C=O) groups excluding carboxylic acids is 1.